The van der Waals surface area contributed by atoms with Crippen molar-refractivity contribution in [2.75, 3.05) is 6.61 Å². The molecule has 2 unspecified atom stereocenters. The summed E-state index contributed by atoms with van der Waals surface area (Å²) in [5.41, 5.74) is 0.547. The first-order valence-electron chi connectivity index (χ1n) is 8.92. The lowest BCUT2D eigenvalue weighted by molar-refractivity contribution is -0.145. The van der Waals surface area contributed by atoms with Crippen molar-refractivity contribution in [1.29, 1.82) is 0 Å². The first-order chi connectivity index (χ1) is 12.1. The Hall–Kier alpha value is -2.43. The number of hydrogen-bond donors (Lipinski definition) is 1. The molecule has 3 rings (SSSR count). The van der Waals surface area contributed by atoms with E-state index in [1.54, 1.807) is 6.07 Å². The van der Waals surface area contributed by atoms with E-state index in [2.05, 4.69) is 29.0 Å². The Morgan fingerprint density at radius 2 is 2.08 bits per heavy atom. The maximum absolute atomic E-state index is 12.0. The third-order valence-electron chi connectivity index (χ3n) is 4.83. The lowest BCUT2D eigenvalue weighted by Gasteiger charge is -2.24. The van der Waals surface area contributed by atoms with E-state index in [9.17, 15) is 9.59 Å². The highest BCUT2D eigenvalue weighted by molar-refractivity contribution is 5.77. The number of allylic oxidation sites excluding steroid dienone is 2. The molecule has 0 saturated carbocycles. The quantitative estimate of drug-likeness (QED) is 0.646. The van der Waals surface area contributed by atoms with Crippen molar-refractivity contribution in [3.63, 3.8) is 0 Å². The highest BCUT2D eigenvalue weighted by Crippen LogP contribution is 2.25. The lowest BCUT2D eigenvalue weighted by Crippen LogP contribution is -2.21. The summed E-state index contributed by atoms with van der Waals surface area (Å²) >= 11 is 0. The average molecular weight is 340 g/mol. The van der Waals surface area contributed by atoms with Crippen molar-refractivity contribution < 1.29 is 9.53 Å². The van der Waals surface area contributed by atoms with Crippen LogP contribution in [0, 0.1) is 11.8 Å². The molecule has 0 fully saturated rings. The standard InChI is InChI=1S/C20H24N2O3/c1-14-7-2-3-8-15(14)13-25-19(23)12-6-11-18-21-17-10-5-4-9-16(17)20(24)22-18/h2-5,9-10,14-15H,6-8,11-13H2,1H3,(H,21,22,24). The van der Waals surface area contributed by atoms with Crippen molar-refractivity contribution >= 4 is 16.9 Å². The largest absolute Gasteiger partial charge is 0.465 e. The van der Waals surface area contributed by atoms with Crippen molar-refractivity contribution in [2.45, 2.75) is 39.0 Å². The molecular weight excluding hydrogens is 316 g/mol. The lowest BCUT2D eigenvalue weighted by atomic mass is 9.85. The fourth-order valence-corrected chi connectivity index (χ4v) is 3.16. The number of nitrogens with zero attached hydrogens (tertiary/aromatic N) is 1. The maximum Gasteiger partial charge on any atom is 0.305 e. The van der Waals surface area contributed by atoms with Gasteiger partial charge in [0.25, 0.3) is 5.56 Å². The normalized spacial score (nSPS) is 19.9. The van der Waals surface area contributed by atoms with Gasteiger partial charge >= 0.3 is 5.97 Å². The molecule has 1 N–H and O–H groups in total. The van der Waals surface area contributed by atoms with E-state index in [1.807, 2.05) is 18.2 Å². The number of aromatic amines is 1. The van der Waals surface area contributed by atoms with Gasteiger partial charge in [0.1, 0.15) is 5.82 Å². The number of H-pyrrole nitrogens is 1. The molecule has 5 heteroatoms. The maximum atomic E-state index is 12.0. The summed E-state index contributed by atoms with van der Waals surface area (Å²) in [4.78, 5) is 31.2. The Kier molecular flexibility index (Phi) is 5.64. The fourth-order valence-electron chi connectivity index (χ4n) is 3.16. The van der Waals surface area contributed by atoms with Crippen LogP contribution >= 0.6 is 0 Å². The molecule has 1 aliphatic carbocycles. The van der Waals surface area contributed by atoms with Crippen LogP contribution in [0.4, 0.5) is 0 Å². The second kappa shape index (κ2) is 8.10. The number of rotatable bonds is 6. The van der Waals surface area contributed by atoms with Crippen LogP contribution in [0.25, 0.3) is 10.9 Å². The molecule has 1 heterocycles. The Balaban J connectivity index is 1.47. The van der Waals surface area contributed by atoms with E-state index in [1.165, 1.54) is 0 Å². The molecule has 2 aromatic rings. The number of aromatic nitrogens is 2. The highest BCUT2D eigenvalue weighted by atomic mass is 16.5. The molecule has 25 heavy (non-hydrogen) atoms. The zero-order valence-electron chi connectivity index (χ0n) is 14.5. The van der Waals surface area contributed by atoms with Gasteiger partial charge in [0.15, 0.2) is 0 Å². The van der Waals surface area contributed by atoms with Gasteiger partial charge in [-0.2, -0.15) is 0 Å². The van der Waals surface area contributed by atoms with Gasteiger partial charge in [-0.05, 0) is 43.2 Å². The summed E-state index contributed by atoms with van der Waals surface area (Å²) in [6.45, 7) is 2.69. The summed E-state index contributed by atoms with van der Waals surface area (Å²) in [6.07, 6.45) is 7.91. The molecular formula is C20H24N2O3. The predicted octanol–water partition coefficient (Wildman–Crippen LogP) is 3.39. The molecule has 132 valence electrons. The first kappa shape index (κ1) is 17.4. The van der Waals surface area contributed by atoms with Crippen molar-refractivity contribution in [3.05, 3.63) is 52.6 Å². The number of para-hydroxylation sites is 1. The van der Waals surface area contributed by atoms with Crippen molar-refractivity contribution in [2.24, 2.45) is 11.8 Å². The molecule has 0 radical (unpaired) electrons. The summed E-state index contributed by atoms with van der Waals surface area (Å²) in [7, 11) is 0. The summed E-state index contributed by atoms with van der Waals surface area (Å²) in [5, 5.41) is 0.585. The number of esters is 1. The Bertz CT molecular complexity index is 825. The number of fused-ring (bicyclic) bond motifs is 1. The van der Waals surface area contributed by atoms with Gasteiger partial charge in [0.2, 0.25) is 0 Å². The SMILES string of the molecule is CC1CC=CCC1COC(=O)CCCc1nc2ccccc2c(=O)[nH]1. The molecule has 1 aliphatic rings. The van der Waals surface area contributed by atoms with E-state index in [0.717, 1.165) is 12.8 Å². The topological polar surface area (TPSA) is 72.0 Å². The van der Waals surface area contributed by atoms with Gasteiger partial charge in [0, 0.05) is 12.8 Å². The molecule has 0 bridgehead atoms. The predicted molar refractivity (Wildman–Crippen MR) is 97.3 cm³/mol. The number of carbonyl (C=O) groups excluding carboxylic acids is 1. The van der Waals surface area contributed by atoms with Gasteiger partial charge < -0.3 is 9.72 Å². The number of ether oxygens (including phenoxy) is 1. The Morgan fingerprint density at radius 1 is 1.28 bits per heavy atom. The molecule has 0 saturated heterocycles. The summed E-state index contributed by atoms with van der Waals surface area (Å²) in [6, 6.07) is 7.25. The van der Waals surface area contributed by atoms with Crippen molar-refractivity contribution in [3.8, 4) is 0 Å². The third kappa shape index (κ3) is 4.56. The van der Waals surface area contributed by atoms with E-state index in [4.69, 9.17) is 4.74 Å². The van der Waals surface area contributed by atoms with E-state index in [0.29, 0.717) is 54.4 Å². The highest BCUT2D eigenvalue weighted by Gasteiger charge is 2.19. The number of benzene rings is 1. The minimum absolute atomic E-state index is 0.137. The molecule has 0 amide bonds. The second-order valence-electron chi connectivity index (χ2n) is 6.75. The molecule has 5 nitrogen and oxygen atoms in total. The number of carbonyl (C=O) groups is 1. The minimum atomic E-state index is -0.176. The smallest absolute Gasteiger partial charge is 0.305 e. The van der Waals surface area contributed by atoms with E-state index >= 15 is 0 Å². The first-order valence-corrected chi connectivity index (χ1v) is 8.92. The van der Waals surface area contributed by atoms with Crippen molar-refractivity contribution in [1.82, 2.24) is 9.97 Å². The molecule has 0 aliphatic heterocycles. The Morgan fingerprint density at radius 3 is 2.92 bits per heavy atom. The molecule has 1 aromatic carbocycles. The van der Waals surface area contributed by atoms with Crippen LogP contribution in [-0.2, 0) is 16.0 Å². The third-order valence-corrected chi connectivity index (χ3v) is 4.83. The van der Waals surface area contributed by atoms with Crippen LogP contribution in [0.15, 0.2) is 41.2 Å². The van der Waals surface area contributed by atoms with Crippen LogP contribution in [0.1, 0.15) is 38.4 Å². The van der Waals surface area contributed by atoms with E-state index < -0.39 is 0 Å². The van der Waals surface area contributed by atoms with Crippen LogP contribution in [0.3, 0.4) is 0 Å². The Labute approximate surface area is 147 Å². The van der Waals surface area contributed by atoms with Crippen LogP contribution in [0.2, 0.25) is 0 Å². The van der Waals surface area contributed by atoms with Gasteiger partial charge in [-0.15, -0.1) is 0 Å². The number of aryl methyl sites for hydroxylation is 1. The van der Waals surface area contributed by atoms with Crippen LogP contribution in [-0.4, -0.2) is 22.5 Å². The van der Waals surface area contributed by atoms with Gasteiger partial charge in [0.05, 0.1) is 17.5 Å². The van der Waals surface area contributed by atoms with Crippen LogP contribution in [0.5, 0.6) is 0 Å². The number of hydrogen-bond acceptors (Lipinski definition) is 4. The fraction of sp³-hybridized carbons (Fsp3) is 0.450. The van der Waals surface area contributed by atoms with Gasteiger partial charge in [-0.1, -0.05) is 31.2 Å². The molecule has 1 aromatic heterocycles. The van der Waals surface area contributed by atoms with Gasteiger partial charge in [-0.3, -0.25) is 9.59 Å². The monoisotopic (exact) mass is 340 g/mol. The van der Waals surface area contributed by atoms with Crippen LogP contribution < -0.4 is 5.56 Å². The molecule has 0 spiro atoms. The summed E-state index contributed by atoms with van der Waals surface area (Å²) < 4.78 is 5.42. The summed E-state index contributed by atoms with van der Waals surface area (Å²) in [5.74, 6) is 1.42. The molecule has 2 atom stereocenters. The zero-order chi connectivity index (χ0) is 17.6. The van der Waals surface area contributed by atoms with Gasteiger partial charge in [-0.25, -0.2) is 4.98 Å². The van der Waals surface area contributed by atoms with E-state index in [-0.39, 0.29) is 11.5 Å². The number of nitrogens with one attached hydrogen (secondary N) is 1. The minimum Gasteiger partial charge on any atom is -0.465 e. The second-order valence-corrected chi connectivity index (χ2v) is 6.75. The average Bonchev–Trinajstić information content (AvgIpc) is 2.61. The zero-order valence-corrected chi connectivity index (χ0v) is 14.5.